The fourth-order valence-corrected chi connectivity index (χ4v) is 4.47. The lowest BCUT2D eigenvalue weighted by Gasteiger charge is -2.07. The third-order valence-corrected chi connectivity index (χ3v) is 6.99. The maximum Gasteiger partial charge on any atom is 0.122 e. The van der Waals surface area contributed by atoms with Gasteiger partial charge in [-0.25, -0.2) is 0 Å². The van der Waals surface area contributed by atoms with E-state index in [0.717, 1.165) is 44.3 Å². The Morgan fingerprint density at radius 3 is 1.69 bits per heavy atom. The van der Waals surface area contributed by atoms with E-state index in [2.05, 4.69) is 29.5 Å². The van der Waals surface area contributed by atoms with Crippen LogP contribution in [-0.4, -0.2) is 37.9 Å². The van der Waals surface area contributed by atoms with Crippen molar-refractivity contribution in [3.8, 4) is 11.5 Å². The molecule has 0 heterocycles. The smallest absolute Gasteiger partial charge is 0.122 e. The molecule has 5 heteroatoms. The van der Waals surface area contributed by atoms with E-state index in [4.69, 9.17) is 19.9 Å². The van der Waals surface area contributed by atoms with Crippen molar-refractivity contribution in [1.29, 1.82) is 0 Å². The number of alkyl halides is 1. The summed E-state index contributed by atoms with van der Waals surface area (Å²) in [6.45, 7) is 5.85. The molecule has 0 unspecified atom stereocenters. The predicted molar refractivity (Wildman–Crippen MR) is 166 cm³/mol. The van der Waals surface area contributed by atoms with Crippen LogP contribution >= 0.6 is 22.6 Å². The molecule has 0 radical (unpaired) electrons. The summed E-state index contributed by atoms with van der Waals surface area (Å²) < 4.78 is 17.8. The first-order valence-electron chi connectivity index (χ1n) is 14.9. The number of benzene rings is 1. The van der Waals surface area contributed by atoms with Gasteiger partial charge in [-0.2, -0.15) is 0 Å². The molecule has 0 saturated carbocycles. The molecule has 0 aliphatic rings. The minimum atomic E-state index is 0.805. The lowest BCUT2D eigenvalue weighted by molar-refractivity contribution is 0.125. The van der Waals surface area contributed by atoms with Crippen LogP contribution in [0.1, 0.15) is 122 Å². The molecule has 212 valence electrons. The van der Waals surface area contributed by atoms with Crippen LogP contribution in [0.5, 0.6) is 11.5 Å². The van der Waals surface area contributed by atoms with E-state index in [-0.39, 0.29) is 0 Å². The molecule has 0 atom stereocenters. The van der Waals surface area contributed by atoms with Crippen LogP contribution in [0.4, 0.5) is 0 Å². The molecular weight excluding hydrogens is 561 g/mol. The average Bonchev–Trinajstić information content (AvgIpc) is 2.91. The van der Waals surface area contributed by atoms with Crippen molar-refractivity contribution in [2.24, 2.45) is 5.73 Å². The molecule has 0 spiro atoms. The summed E-state index contributed by atoms with van der Waals surface area (Å²) in [5.74, 6) is 1.76. The van der Waals surface area contributed by atoms with Crippen LogP contribution in [0.25, 0.3) is 0 Å². The van der Waals surface area contributed by atoms with E-state index in [0.29, 0.717) is 0 Å². The van der Waals surface area contributed by atoms with Gasteiger partial charge in [0.15, 0.2) is 0 Å². The van der Waals surface area contributed by atoms with Crippen LogP contribution in [0.15, 0.2) is 24.3 Å². The second kappa shape index (κ2) is 30.7. The second-order valence-electron chi connectivity index (χ2n) is 9.63. The van der Waals surface area contributed by atoms with E-state index in [1.165, 1.54) is 114 Å². The van der Waals surface area contributed by atoms with Gasteiger partial charge >= 0.3 is 0 Å². The lowest BCUT2D eigenvalue weighted by Crippen LogP contribution is -1.98. The quantitative estimate of drug-likeness (QED) is 0.0673. The Bertz CT molecular complexity index is 528. The van der Waals surface area contributed by atoms with Crippen LogP contribution in [0.2, 0.25) is 0 Å². The van der Waals surface area contributed by atoms with Crippen LogP contribution in [-0.2, 0) is 4.74 Å². The Kier molecular flexibility index (Phi) is 30.2. The number of hydrogen-bond acceptors (Lipinski definition) is 4. The van der Waals surface area contributed by atoms with E-state index >= 15 is 0 Å². The molecule has 0 amide bonds. The number of rotatable bonds is 25. The Hall–Kier alpha value is -0.530. The molecule has 2 N–H and O–H groups in total. The summed E-state index contributed by atoms with van der Waals surface area (Å²) in [6.07, 6.45) is 23.7. The molecule has 1 aromatic carbocycles. The zero-order chi connectivity index (χ0) is 26.4. The third kappa shape index (κ3) is 26.5. The number of nitrogens with two attached hydrogens (primary N) is 1. The van der Waals surface area contributed by atoms with Gasteiger partial charge in [0.05, 0.1) is 13.7 Å². The number of ether oxygens (including phenoxy) is 3. The molecule has 1 aromatic rings. The summed E-state index contributed by atoms with van der Waals surface area (Å²) in [7, 11) is 1.68. The zero-order valence-corrected chi connectivity index (χ0v) is 25.9. The maximum atomic E-state index is 5.70. The summed E-state index contributed by atoms with van der Waals surface area (Å²) in [5, 5.41) is 0. The monoisotopic (exact) mass is 619 g/mol. The fourth-order valence-electron chi connectivity index (χ4n) is 3.93. The standard InChI is InChI=1S/C16H35NO.C15H23IO2/c1-2-3-4-12-15-18-16-13-10-8-6-5-7-9-11-14-17;1-17-14-9-8-10-15(13-14)18-12-7-5-3-2-4-6-11-16/h2-17H2,1H3;8-10,13H,2-7,11-12H2,1H3. The minimum absolute atomic E-state index is 0.805. The van der Waals surface area contributed by atoms with Crippen molar-refractivity contribution in [3.05, 3.63) is 24.3 Å². The molecule has 0 aromatic heterocycles. The fraction of sp³-hybridized carbons (Fsp3) is 0.806. The molecule has 36 heavy (non-hydrogen) atoms. The van der Waals surface area contributed by atoms with Crippen molar-refractivity contribution in [1.82, 2.24) is 0 Å². The number of unbranched alkanes of at least 4 members (excludes halogenated alkanes) is 15. The van der Waals surface area contributed by atoms with Gasteiger partial charge in [-0.1, -0.05) is 119 Å². The van der Waals surface area contributed by atoms with Crippen molar-refractivity contribution >= 4 is 22.6 Å². The van der Waals surface area contributed by atoms with E-state index < -0.39 is 0 Å². The van der Waals surface area contributed by atoms with Gasteiger partial charge in [0.1, 0.15) is 11.5 Å². The van der Waals surface area contributed by atoms with Gasteiger partial charge in [-0.05, 0) is 55.2 Å². The predicted octanol–water partition coefficient (Wildman–Crippen LogP) is 9.51. The molecule has 4 nitrogen and oxygen atoms in total. The molecule has 0 aliphatic heterocycles. The van der Waals surface area contributed by atoms with Gasteiger partial charge in [-0.15, -0.1) is 0 Å². The highest BCUT2D eigenvalue weighted by atomic mass is 127. The number of hydrogen-bond donors (Lipinski definition) is 1. The highest BCUT2D eigenvalue weighted by Crippen LogP contribution is 2.19. The Morgan fingerprint density at radius 1 is 0.639 bits per heavy atom. The van der Waals surface area contributed by atoms with Gasteiger partial charge in [0.2, 0.25) is 0 Å². The molecular formula is C31H58INO3. The van der Waals surface area contributed by atoms with Gasteiger partial charge in [0.25, 0.3) is 0 Å². The van der Waals surface area contributed by atoms with Crippen molar-refractivity contribution in [2.45, 2.75) is 122 Å². The molecule has 0 bridgehead atoms. The molecule has 0 saturated heterocycles. The topological polar surface area (TPSA) is 53.7 Å². The minimum Gasteiger partial charge on any atom is -0.497 e. The SMILES string of the molecule is CCCCCCOCCCCCCCCCCN.COc1cccc(OCCCCCCCCI)c1. The summed E-state index contributed by atoms with van der Waals surface area (Å²) >= 11 is 2.44. The normalized spacial score (nSPS) is 10.7. The lowest BCUT2D eigenvalue weighted by atomic mass is 10.1. The highest BCUT2D eigenvalue weighted by molar-refractivity contribution is 14.1. The molecule has 1 rings (SSSR count). The highest BCUT2D eigenvalue weighted by Gasteiger charge is 1.97. The molecule has 0 aliphatic carbocycles. The number of methoxy groups -OCH3 is 1. The third-order valence-electron chi connectivity index (χ3n) is 6.22. The van der Waals surface area contributed by atoms with Crippen LogP contribution < -0.4 is 15.2 Å². The largest absolute Gasteiger partial charge is 0.497 e. The molecule has 0 fully saturated rings. The number of halogens is 1. The van der Waals surface area contributed by atoms with E-state index in [1.807, 2.05) is 24.3 Å². The average molecular weight is 620 g/mol. The first kappa shape index (κ1) is 35.5. The first-order chi connectivity index (χ1) is 17.8. The van der Waals surface area contributed by atoms with Crippen molar-refractivity contribution < 1.29 is 14.2 Å². The summed E-state index contributed by atoms with van der Waals surface area (Å²) in [4.78, 5) is 0. The Labute approximate surface area is 238 Å². The summed E-state index contributed by atoms with van der Waals surface area (Å²) in [6, 6.07) is 7.79. The van der Waals surface area contributed by atoms with Gasteiger partial charge in [-0.3, -0.25) is 0 Å². The Morgan fingerprint density at radius 2 is 1.14 bits per heavy atom. The summed E-state index contributed by atoms with van der Waals surface area (Å²) in [5.41, 5.74) is 5.46. The zero-order valence-electron chi connectivity index (χ0n) is 23.8. The van der Waals surface area contributed by atoms with Crippen LogP contribution in [0.3, 0.4) is 0 Å². The first-order valence-corrected chi connectivity index (χ1v) is 16.4. The second-order valence-corrected chi connectivity index (χ2v) is 10.7. The van der Waals surface area contributed by atoms with Gasteiger partial charge in [0, 0.05) is 19.3 Å². The van der Waals surface area contributed by atoms with Crippen molar-refractivity contribution in [3.63, 3.8) is 0 Å². The van der Waals surface area contributed by atoms with Crippen molar-refractivity contribution in [2.75, 3.05) is 37.9 Å². The van der Waals surface area contributed by atoms with E-state index in [9.17, 15) is 0 Å². The van der Waals surface area contributed by atoms with E-state index in [1.54, 1.807) is 7.11 Å². The Balaban J connectivity index is 0.000000681. The maximum absolute atomic E-state index is 5.70. The van der Waals surface area contributed by atoms with Crippen LogP contribution in [0, 0.1) is 0 Å². The van der Waals surface area contributed by atoms with Gasteiger partial charge < -0.3 is 19.9 Å².